The summed E-state index contributed by atoms with van der Waals surface area (Å²) < 4.78 is 0. The van der Waals surface area contributed by atoms with Crippen molar-refractivity contribution in [3.05, 3.63) is 12.7 Å². The van der Waals surface area contributed by atoms with Gasteiger partial charge in [0.1, 0.15) is 0 Å². The molecule has 0 unspecified atom stereocenters. The summed E-state index contributed by atoms with van der Waals surface area (Å²) in [5.41, 5.74) is 0. The molecule has 1 saturated carbocycles. The SMILES string of the molecule is C=CCNC(=O)C1CCC(O)CC1. The average molecular weight is 183 g/mol. The number of amides is 1. The van der Waals surface area contributed by atoms with Gasteiger partial charge in [-0.25, -0.2) is 0 Å². The lowest BCUT2D eigenvalue weighted by Gasteiger charge is -2.24. The molecule has 1 rings (SSSR count). The average Bonchev–Trinajstić information content (AvgIpc) is 2.15. The first kappa shape index (κ1) is 10.3. The predicted octanol–water partition coefficient (Wildman–Crippen LogP) is 0.840. The van der Waals surface area contributed by atoms with E-state index in [0.29, 0.717) is 6.54 Å². The Hall–Kier alpha value is -0.830. The van der Waals surface area contributed by atoms with Gasteiger partial charge in [-0.05, 0) is 25.7 Å². The molecule has 1 amide bonds. The van der Waals surface area contributed by atoms with Crippen LogP contribution < -0.4 is 5.32 Å². The second kappa shape index (κ2) is 5.02. The fourth-order valence-electron chi connectivity index (χ4n) is 1.66. The van der Waals surface area contributed by atoms with Crippen LogP contribution >= 0.6 is 0 Å². The Bertz CT molecular complexity index is 183. The number of hydrogen-bond acceptors (Lipinski definition) is 2. The van der Waals surface area contributed by atoms with Crippen molar-refractivity contribution in [2.24, 2.45) is 5.92 Å². The van der Waals surface area contributed by atoms with Gasteiger partial charge in [0.05, 0.1) is 6.10 Å². The van der Waals surface area contributed by atoms with Crippen molar-refractivity contribution in [2.45, 2.75) is 31.8 Å². The molecule has 13 heavy (non-hydrogen) atoms. The molecular weight excluding hydrogens is 166 g/mol. The molecule has 0 aliphatic heterocycles. The maximum atomic E-state index is 11.4. The van der Waals surface area contributed by atoms with Crippen molar-refractivity contribution >= 4 is 5.91 Å². The van der Waals surface area contributed by atoms with E-state index in [-0.39, 0.29) is 17.9 Å². The minimum atomic E-state index is -0.191. The van der Waals surface area contributed by atoms with Crippen LogP contribution in [-0.4, -0.2) is 23.7 Å². The van der Waals surface area contributed by atoms with Gasteiger partial charge in [-0.2, -0.15) is 0 Å². The van der Waals surface area contributed by atoms with E-state index in [1.165, 1.54) is 0 Å². The second-order valence-corrected chi connectivity index (χ2v) is 3.54. The summed E-state index contributed by atoms with van der Waals surface area (Å²) in [5.74, 6) is 0.204. The number of hydrogen-bond donors (Lipinski definition) is 2. The molecule has 0 radical (unpaired) electrons. The Kier molecular flexibility index (Phi) is 3.96. The standard InChI is InChI=1S/C10H17NO2/c1-2-7-11-10(13)8-3-5-9(12)6-4-8/h2,8-9,12H,1,3-7H2,(H,11,13). The van der Waals surface area contributed by atoms with Gasteiger partial charge in [0.25, 0.3) is 0 Å². The maximum absolute atomic E-state index is 11.4. The number of aliphatic hydroxyl groups is 1. The van der Waals surface area contributed by atoms with Gasteiger partial charge in [-0.3, -0.25) is 4.79 Å². The first-order valence-corrected chi connectivity index (χ1v) is 4.80. The highest BCUT2D eigenvalue weighted by molar-refractivity contribution is 5.78. The van der Waals surface area contributed by atoms with Gasteiger partial charge in [0.15, 0.2) is 0 Å². The van der Waals surface area contributed by atoms with Crippen molar-refractivity contribution in [1.82, 2.24) is 5.32 Å². The Balaban J connectivity index is 2.27. The number of carbonyl (C=O) groups is 1. The molecular formula is C10H17NO2. The molecule has 3 nitrogen and oxygen atoms in total. The summed E-state index contributed by atoms with van der Waals surface area (Å²) in [7, 11) is 0. The summed E-state index contributed by atoms with van der Waals surface area (Å²) in [6, 6.07) is 0. The molecule has 0 heterocycles. The van der Waals surface area contributed by atoms with Gasteiger partial charge < -0.3 is 10.4 Å². The van der Waals surface area contributed by atoms with Crippen LogP contribution in [0.4, 0.5) is 0 Å². The van der Waals surface area contributed by atoms with Gasteiger partial charge in [0.2, 0.25) is 5.91 Å². The first-order valence-electron chi connectivity index (χ1n) is 4.80. The molecule has 1 aliphatic carbocycles. The van der Waals surface area contributed by atoms with Crippen molar-refractivity contribution in [3.63, 3.8) is 0 Å². The molecule has 0 bridgehead atoms. The summed E-state index contributed by atoms with van der Waals surface area (Å²) in [6.07, 6.45) is 4.62. The molecule has 2 N–H and O–H groups in total. The van der Waals surface area contributed by atoms with Crippen molar-refractivity contribution in [3.8, 4) is 0 Å². The van der Waals surface area contributed by atoms with Crippen LogP contribution in [0.25, 0.3) is 0 Å². The topological polar surface area (TPSA) is 49.3 Å². The third kappa shape index (κ3) is 3.19. The monoisotopic (exact) mass is 183 g/mol. The van der Waals surface area contributed by atoms with E-state index in [1.54, 1.807) is 6.08 Å². The van der Waals surface area contributed by atoms with E-state index in [0.717, 1.165) is 25.7 Å². The molecule has 74 valence electrons. The highest BCUT2D eigenvalue weighted by atomic mass is 16.3. The van der Waals surface area contributed by atoms with Crippen molar-refractivity contribution in [2.75, 3.05) is 6.54 Å². The first-order chi connectivity index (χ1) is 6.24. The zero-order valence-electron chi connectivity index (χ0n) is 7.83. The fourth-order valence-corrected chi connectivity index (χ4v) is 1.66. The minimum absolute atomic E-state index is 0.100. The molecule has 0 aromatic rings. The number of aliphatic hydroxyl groups excluding tert-OH is 1. The van der Waals surface area contributed by atoms with Crippen molar-refractivity contribution in [1.29, 1.82) is 0 Å². The lowest BCUT2D eigenvalue weighted by molar-refractivity contribution is -0.126. The van der Waals surface area contributed by atoms with E-state index in [1.807, 2.05) is 0 Å². The van der Waals surface area contributed by atoms with Crippen LogP contribution in [0.2, 0.25) is 0 Å². The summed E-state index contributed by atoms with van der Waals surface area (Å²) in [5, 5.41) is 12.0. The van der Waals surface area contributed by atoms with E-state index >= 15 is 0 Å². The Labute approximate surface area is 78.8 Å². The lowest BCUT2D eigenvalue weighted by Crippen LogP contribution is -2.34. The zero-order chi connectivity index (χ0) is 9.68. The molecule has 3 heteroatoms. The molecule has 1 fully saturated rings. The van der Waals surface area contributed by atoms with Crippen LogP contribution in [0.5, 0.6) is 0 Å². The van der Waals surface area contributed by atoms with Gasteiger partial charge in [-0.1, -0.05) is 6.08 Å². The Morgan fingerprint density at radius 3 is 2.62 bits per heavy atom. The smallest absolute Gasteiger partial charge is 0.223 e. The van der Waals surface area contributed by atoms with Crippen LogP contribution in [0.3, 0.4) is 0 Å². The van der Waals surface area contributed by atoms with E-state index in [2.05, 4.69) is 11.9 Å². The number of carbonyl (C=O) groups excluding carboxylic acids is 1. The Morgan fingerprint density at radius 2 is 2.08 bits per heavy atom. The highest BCUT2D eigenvalue weighted by Gasteiger charge is 2.24. The van der Waals surface area contributed by atoms with Crippen LogP contribution in [0.1, 0.15) is 25.7 Å². The predicted molar refractivity (Wildman–Crippen MR) is 51.2 cm³/mol. The largest absolute Gasteiger partial charge is 0.393 e. The summed E-state index contributed by atoms with van der Waals surface area (Å²) in [4.78, 5) is 11.4. The van der Waals surface area contributed by atoms with Gasteiger partial charge in [0, 0.05) is 12.5 Å². The van der Waals surface area contributed by atoms with Gasteiger partial charge in [-0.15, -0.1) is 6.58 Å². The van der Waals surface area contributed by atoms with E-state index < -0.39 is 0 Å². The Morgan fingerprint density at radius 1 is 1.46 bits per heavy atom. The highest BCUT2D eigenvalue weighted by Crippen LogP contribution is 2.23. The maximum Gasteiger partial charge on any atom is 0.223 e. The molecule has 0 saturated heterocycles. The molecule has 0 atom stereocenters. The van der Waals surface area contributed by atoms with Crippen molar-refractivity contribution < 1.29 is 9.90 Å². The van der Waals surface area contributed by atoms with Gasteiger partial charge >= 0.3 is 0 Å². The second-order valence-electron chi connectivity index (χ2n) is 3.54. The zero-order valence-corrected chi connectivity index (χ0v) is 7.83. The van der Waals surface area contributed by atoms with Crippen LogP contribution in [0, 0.1) is 5.92 Å². The van der Waals surface area contributed by atoms with Crippen LogP contribution in [-0.2, 0) is 4.79 Å². The molecule has 0 aromatic carbocycles. The fraction of sp³-hybridized carbons (Fsp3) is 0.700. The minimum Gasteiger partial charge on any atom is -0.393 e. The summed E-state index contributed by atoms with van der Waals surface area (Å²) >= 11 is 0. The normalized spacial score (nSPS) is 28.1. The van der Waals surface area contributed by atoms with Crippen LogP contribution in [0.15, 0.2) is 12.7 Å². The quantitative estimate of drug-likeness (QED) is 0.637. The number of rotatable bonds is 3. The molecule has 0 spiro atoms. The molecule has 1 aliphatic rings. The van der Waals surface area contributed by atoms with E-state index in [4.69, 9.17) is 0 Å². The lowest BCUT2D eigenvalue weighted by atomic mass is 9.87. The summed E-state index contributed by atoms with van der Waals surface area (Å²) in [6.45, 7) is 4.07. The number of nitrogens with one attached hydrogen (secondary N) is 1. The third-order valence-electron chi connectivity index (χ3n) is 2.49. The van der Waals surface area contributed by atoms with E-state index in [9.17, 15) is 9.90 Å². The third-order valence-corrected chi connectivity index (χ3v) is 2.49. The molecule has 0 aromatic heterocycles.